The molecule has 26 heavy (non-hydrogen) atoms. The van der Waals surface area contributed by atoms with Crippen molar-refractivity contribution < 1.29 is 9.53 Å². The smallest absolute Gasteiger partial charge is 0.237 e. The molecular weight excluding hydrogens is 348 g/mol. The van der Waals surface area contributed by atoms with Crippen molar-refractivity contribution in [2.75, 3.05) is 5.32 Å². The van der Waals surface area contributed by atoms with Crippen LogP contribution in [0.2, 0.25) is 0 Å². The topological polar surface area (TPSA) is 69.0 Å². The van der Waals surface area contributed by atoms with Crippen LogP contribution >= 0.6 is 11.8 Å². The maximum atomic E-state index is 12.6. The molecule has 1 unspecified atom stereocenters. The molecule has 3 aromatic rings. The highest BCUT2D eigenvalue weighted by atomic mass is 32.2. The monoisotopic (exact) mass is 368 g/mol. The van der Waals surface area contributed by atoms with Crippen molar-refractivity contribution >= 4 is 23.4 Å². The molecule has 1 N–H and O–H groups in total. The van der Waals surface area contributed by atoms with Crippen LogP contribution in [0.3, 0.4) is 0 Å². The number of amides is 1. The number of carbonyl (C=O) groups excluding carboxylic acids is 1. The third kappa shape index (κ3) is 4.43. The lowest BCUT2D eigenvalue weighted by atomic mass is 10.2. The summed E-state index contributed by atoms with van der Waals surface area (Å²) < 4.78 is 7.73. The van der Waals surface area contributed by atoms with Gasteiger partial charge in [-0.1, -0.05) is 36.0 Å². The number of carbonyl (C=O) groups is 1. The van der Waals surface area contributed by atoms with Gasteiger partial charge in [-0.3, -0.25) is 4.79 Å². The van der Waals surface area contributed by atoms with Crippen LogP contribution < -0.4 is 10.1 Å². The van der Waals surface area contributed by atoms with Gasteiger partial charge in [0, 0.05) is 7.05 Å². The van der Waals surface area contributed by atoms with Gasteiger partial charge in [0.1, 0.15) is 12.1 Å². The van der Waals surface area contributed by atoms with Gasteiger partial charge in [-0.15, -0.1) is 10.2 Å². The van der Waals surface area contributed by atoms with E-state index in [1.54, 1.807) is 10.9 Å². The van der Waals surface area contributed by atoms with Gasteiger partial charge in [0.25, 0.3) is 0 Å². The second-order valence-electron chi connectivity index (χ2n) is 5.89. The highest BCUT2D eigenvalue weighted by Crippen LogP contribution is 2.30. The number of aryl methyl sites for hydroxylation is 2. The first kappa shape index (κ1) is 18.0. The molecule has 1 heterocycles. The lowest BCUT2D eigenvalue weighted by Crippen LogP contribution is -2.23. The molecule has 0 aliphatic rings. The summed E-state index contributed by atoms with van der Waals surface area (Å²) in [5, 5.41) is 11.1. The molecule has 3 rings (SSSR count). The molecule has 7 heteroatoms. The van der Waals surface area contributed by atoms with Crippen molar-refractivity contribution in [3.8, 4) is 11.5 Å². The SMILES string of the molecule is Cc1cccc(Oc2ccccc2NC(=O)C(C)Sc2nncn2C)c1. The zero-order valence-corrected chi connectivity index (χ0v) is 15.7. The molecular formula is C19H20N4O2S. The van der Waals surface area contributed by atoms with E-state index in [1.165, 1.54) is 11.8 Å². The van der Waals surface area contributed by atoms with Crippen LogP contribution in [0.25, 0.3) is 0 Å². The number of aromatic nitrogens is 3. The van der Waals surface area contributed by atoms with Gasteiger partial charge in [0.05, 0.1) is 10.9 Å². The summed E-state index contributed by atoms with van der Waals surface area (Å²) in [7, 11) is 1.85. The van der Waals surface area contributed by atoms with E-state index in [0.29, 0.717) is 16.6 Å². The fourth-order valence-electron chi connectivity index (χ4n) is 2.29. The van der Waals surface area contributed by atoms with E-state index in [-0.39, 0.29) is 11.2 Å². The highest BCUT2D eigenvalue weighted by Gasteiger charge is 2.18. The Hall–Kier alpha value is -2.80. The first-order chi connectivity index (χ1) is 12.5. The van der Waals surface area contributed by atoms with Gasteiger partial charge >= 0.3 is 0 Å². The van der Waals surface area contributed by atoms with E-state index < -0.39 is 0 Å². The van der Waals surface area contributed by atoms with Crippen molar-refractivity contribution in [1.82, 2.24) is 14.8 Å². The van der Waals surface area contributed by atoms with E-state index in [2.05, 4.69) is 15.5 Å². The maximum absolute atomic E-state index is 12.6. The van der Waals surface area contributed by atoms with E-state index >= 15 is 0 Å². The van der Waals surface area contributed by atoms with E-state index in [1.807, 2.05) is 69.4 Å². The van der Waals surface area contributed by atoms with Crippen LogP contribution in [-0.2, 0) is 11.8 Å². The number of nitrogens with zero attached hydrogens (tertiary/aromatic N) is 3. The van der Waals surface area contributed by atoms with Crippen LogP contribution in [0.5, 0.6) is 11.5 Å². The predicted molar refractivity (Wildman–Crippen MR) is 103 cm³/mol. The lowest BCUT2D eigenvalue weighted by molar-refractivity contribution is -0.115. The fraction of sp³-hybridized carbons (Fsp3) is 0.211. The Balaban J connectivity index is 1.71. The number of hydrogen-bond acceptors (Lipinski definition) is 5. The number of anilines is 1. The van der Waals surface area contributed by atoms with Crippen LogP contribution in [-0.4, -0.2) is 25.9 Å². The first-order valence-electron chi connectivity index (χ1n) is 8.18. The molecule has 0 radical (unpaired) electrons. The first-order valence-corrected chi connectivity index (χ1v) is 9.06. The Morgan fingerprint density at radius 3 is 2.77 bits per heavy atom. The molecule has 0 bridgehead atoms. The van der Waals surface area contributed by atoms with Crippen molar-refractivity contribution in [2.24, 2.45) is 7.05 Å². The summed E-state index contributed by atoms with van der Waals surface area (Å²) >= 11 is 1.35. The van der Waals surface area contributed by atoms with Crippen molar-refractivity contribution in [3.63, 3.8) is 0 Å². The van der Waals surface area contributed by atoms with Crippen LogP contribution in [0.15, 0.2) is 60.0 Å². The van der Waals surface area contributed by atoms with Crippen LogP contribution in [0.1, 0.15) is 12.5 Å². The summed E-state index contributed by atoms with van der Waals surface area (Å²) in [5.41, 5.74) is 1.74. The fourth-order valence-corrected chi connectivity index (χ4v) is 3.08. The lowest BCUT2D eigenvalue weighted by Gasteiger charge is -2.15. The molecule has 0 aliphatic carbocycles. The minimum absolute atomic E-state index is 0.127. The second kappa shape index (κ2) is 8.05. The summed E-state index contributed by atoms with van der Waals surface area (Å²) in [6.45, 7) is 3.84. The Labute approximate surface area is 156 Å². The molecule has 0 aliphatic heterocycles. The molecule has 1 aromatic heterocycles. The molecule has 0 saturated heterocycles. The quantitative estimate of drug-likeness (QED) is 0.665. The second-order valence-corrected chi connectivity index (χ2v) is 7.20. The largest absolute Gasteiger partial charge is 0.455 e. The molecule has 6 nitrogen and oxygen atoms in total. The van der Waals surface area contributed by atoms with Crippen molar-refractivity contribution in [1.29, 1.82) is 0 Å². The van der Waals surface area contributed by atoms with Gasteiger partial charge < -0.3 is 14.6 Å². The third-order valence-corrected chi connectivity index (χ3v) is 4.83. The number of benzene rings is 2. The zero-order valence-electron chi connectivity index (χ0n) is 14.8. The Bertz CT molecular complexity index is 910. The number of rotatable bonds is 6. The maximum Gasteiger partial charge on any atom is 0.237 e. The number of nitrogens with one attached hydrogen (secondary N) is 1. The van der Waals surface area contributed by atoms with Gasteiger partial charge in [-0.2, -0.15) is 0 Å². The van der Waals surface area contributed by atoms with Gasteiger partial charge in [0.2, 0.25) is 5.91 Å². The average molecular weight is 368 g/mol. The number of para-hydroxylation sites is 2. The van der Waals surface area contributed by atoms with Crippen LogP contribution in [0, 0.1) is 6.92 Å². The Morgan fingerprint density at radius 2 is 2.04 bits per heavy atom. The Kier molecular flexibility index (Phi) is 5.58. The molecule has 2 aromatic carbocycles. The van der Waals surface area contributed by atoms with E-state index in [0.717, 1.165) is 11.3 Å². The normalized spacial score (nSPS) is 11.8. The van der Waals surface area contributed by atoms with Gasteiger partial charge in [0.15, 0.2) is 10.9 Å². The van der Waals surface area contributed by atoms with Crippen molar-refractivity contribution in [2.45, 2.75) is 24.3 Å². The summed E-state index contributed by atoms with van der Waals surface area (Å²) in [6, 6.07) is 15.2. The molecule has 1 amide bonds. The molecule has 134 valence electrons. The van der Waals surface area contributed by atoms with E-state index in [4.69, 9.17) is 4.74 Å². The van der Waals surface area contributed by atoms with Gasteiger partial charge in [-0.05, 0) is 43.7 Å². The molecule has 0 fully saturated rings. The number of ether oxygens (including phenoxy) is 1. The van der Waals surface area contributed by atoms with Crippen LogP contribution in [0.4, 0.5) is 5.69 Å². The van der Waals surface area contributed by atoms with Gasteiger partial charge in [-0.25, -0.2) is 0 Å². The molecule has 0 saturated carbocycles. The standard InChI is InChI=1S/C19H20N4O2S/c1-13-7-6-8-15(11-13)25-17-10-5-4-9-16(17)21-18(24)14(2)26-19-22-20-12-23(19)3/h4-12,14H,1-3H3,(H,21,24). The zero-order chi connectivity index (χ0) is 18.5. The Morgan fingerprint density at radius 1 is 1.23 bits per heavy atom. The van der Waals surface area contributed by atoms with Crippen molar-refractivity contribution in [3.05, 3.63) is 60.4 Å². The minimum atomic E-state index is -0.329. The summed E-state index contributed by atoms with van der Waals surface area (Å²) in [5.74, 6) is 1.20. The summed E-state index contributed by atoms with van der Waals surface area (Å²) in [6.07, 6.45) is 1.61. The minimum Gasteiger partial charge on any atom is -0.455 e. The molecule has 0 spiro atoms. The highest BCUT2D eigenvalue weighted by molar-refractivity contribution is 8.00. The number of thioether (sulfide) groups is 1. The summed E-state index contributed by atoms with van der Waals surface area (Å²) in [4.78, 5) is 12.6. The predicted octanol–water partition coefficient (Wildman–Crippen LogP) is 4.04. The van der Waals surface area contributed by atoms with E-state index in [9.17, 15) is 4.79 Å². The third-order valence-electron chi connectivity index (χ3n) is 3.68. The molecule has 1 atom stereocenters. The average Bonchev–Trinajstić information content (AvgIpc) is 3.01. The number of hydrogen-bond donors (Lipinski definition) is 1.